The van der Waals surface area contributed by atoms with Gasteiger partial charge in [0.05, 0.1) is 6.10 Å². The van der Waals surface area contributed by atoms with Crippen molar-refractivity contribution in [2.75, 3.05) is 18.0 Å². The van der Waals surface area contributed by atoms with Crippen molar-refractivity contribution >= 4 is 5.82 Å². The van der Waals surface area contributed by atoms with Crippen LogP contribution in [0.1, 0.15) is 33.6 Å². The molecular weight excluding hydrogens is 240 g/mol. The van der Waals surface area contributed by atoms with Crippen LogP contribution < -0.4 is 15.4 Å². The van der Waals surface area contributed by atoms with Crippen molar-refractivity contribution in [2.24, 2.45) is 11.7 Å². The molecule has 1 unspecified atom stereocenters. The molecule has 0 saturated carbocycles. The highest BCUT2D eigenvalue weighted by Crippen LogP contribution is 2.24. The Hall–Kier alpha value is -1.36. The smallest absolute Gasteiger partial charge is 0.218 e. The predicted molar refractivity (Wildman–Crippen MR) is 76.4 cm³/mol. The van der Waals surface area contributed by atoms with Crippen LogP contribution in [0.3, 0.4) is 0 Å². The fourth-order valence-corrected chi connectivity index (χ4v) is 2.46. The first-order valence-electron chi connectivity index (χ1n) is 7.05. The van der Waals surface area contributed by atoms with Crippen molar-refractivity contribution in [1.29, 1.82) is 0 Å². The van der Waals surface area contributed by atoms with Gasteiger partial charge in [0.15, 0.2) is 0 Å². The summed E-state index contributed by atoms with van der Waals surface area (Å²) in [5, 5.41) is 0. The molecule has 2 heterocycles. The Labute approximate surface area is 115 Å². The SMILES string of the molecule is CC(C)Oc1cc(N2CCC(C(C)N)CC2)ncn1. The van der Waals surface area contributed by atoms with Gasteiger partial charge in [-0.1, -0.05) is 0 Å². The fraction of sp³-hybridized carbons (Fsp3) is 0.714. The highest BCUT2D eigenvalue weighted by molar-refractivity contribution is 5.41. The maximum atomic E-state index is 5.97. The third-order valence-corrected chi connectivity index (χ3v) is 3.59. The molecule has 1 saturated heterocycles. The molecule has 5 heteroatoms. The largest absolute Gasteiger partial charge is 0.475 e. The van der Waals surface area contributed by atoms with E-state index >= 15 is 0 Å². The van der Waals surface area contributed by atoms with Gasteiger partial charge in [0.1, 0.15) is 12.1 Å². The molecule has 1 aromatic rings. The van der Waals surface area contributed by atoms with Crippen molar-refractivity contribution in [3.63, 3.8) is 0 Å². The van der Waals surface area contributed by atoms with Gasteiger partial charge < -0.3 is 15.4 Å². The topological polar surface area (TPSA) is 64.3 Å². The van der Waals surface area contributed by atoms with Gasteiger partial charge in [-0.05, 0) is 39.5 Å². The van der Waals surface area contributed by atoms with E-state index < -0.39 is 0 Å². The Morgan fingerprint density at radius 1 is 1.26 bits per heavy atom. The molecule has 19 heavy (non-hydrogen) atoms. The standard InChI is InChI=1S/C14H24N4O/c1-10(2)19-14-8-13(16-9-17-14)18-6-4-12(5-7-18)11(3)15/h8-12H,4-7,15H2,1-3H3. The van der Waals surface area contributed by atoms with Crippen LogP contribution in [-0.2, 0) is 0 Å². The summed E-state index contributed by atoms with van der Waals surface area (Å²) < 4.78 is 5.61. The van der Waals surface area contributed by atoms with Crippen molar-refractivity contribution < 1.29 is 4.74 Å². The Morgan fingerprint density at radius 2 is 1.95 bits per heavy atom. The predicted octanol–water partition coefficient (Wildman–Crippen LogP) is 1.83. The van der Waals surface area contributed by atoms with Crippen LogP contribution in [0.5, 0.6) is 5.88 Å². The maximum Gasteiger partial charge on any atom is 0.218 e. The number of hydrogen-bond acceptors (Lipinski definition) is 5. The zero-order valence-corrected chi connectivity index (χ0v) is 12.0. The minimum absolute atomic E-state index is 0.131. The van der Waals surface area contributed by atoms with Gasteiger partial charge in [-0.3, -0.25) is 0 Å². The van der Waals surface area contributed by atoms with Gasteiger partial charge in [0.25, 0.3) is 0 Å². The van der Waals surface area contributed by atoms with Gasteiger partial charge in [-0.15, -0.1) is 0 Å². The van der Waals surface area contributed by atoms with Crippen molar-refractivity contribution in [3.8, 4) is 5.88 Å². The van der Waals surface area contributed by atoms with Crippen LogP contribution in [0, 0.1) is 5.92 Å². The maximum absolute atomic E-state index is 5.97. The number of nitrogens with zero attached hydrogens (tertiary/aromatic N) is 3. The summed E-state index contributed by atoms with van der Waals surface area (Å²) in [6, 6.07) is 2.21. The summed E-state index contributed by atoms with van der Waals surface area (Å²) in [6.45, 7) is 8.10. The quantitative estimate of drug-likeness (QED) is 0.898. The van der Waals surface area contributed by atoms with E-state index in [1.54, 1.807) is 6.33 Å². The number of anilines is 1. The van der Waals surface area contributed by atoms with Gasteiger partial charge in [-0.2, -0.15) is 0 Å². The summed E-state index contributed by atoms with van der Waals surface area (Å²) in [7, 11) is 0. The second-order valence-electron chi connectivity index (χ2n) is 5.56. The molecule has 1 atom stereocenters. The lowest BCUT2D eigenvalue weighted by molar-refractivity contribution is 0.232. The first kappa shape index (κ1) is 14.1. The first-order chi connectivity index (χ1) is 9.06. The monoisotopic (exact) mass is 264 g/mol. The second-order valence-corrected chi connectivity index (χ2v) is 5.56. The lowest BCUT2D eigenvalue weighted by Crippen LogP contribution is -2.40. The van der Waals surface area contributed by atoms with Crippen LogP contribution >= 0.6 is 0 Å². The van der Waals surface area contributed by atoms with E-state index in [0.29, 0.717) is 11.8 Å². The average molecular weight is 264 g/mol. The Bertz CT molecular complexity index is 400. The summed E-state index contributed by atoms with van der Waals surface area (Å²) in [4.78, 5) is 10.8. The summed E-state index contributed by atoms with van der Waals surface area (Å²) in [5.74, 6) is 2.23. The third-order valence-electron chi connectivity index (χ3n) is 3.59. The van der Waals surface area contributed by atoms with Crippen molar-refractivity contribution in [2.45, 2.75) is 45.8 Å². The molecule has 2 rings (SSSR count). The van der Waals surface area contributed by atoms with E-state index in [4.69, 9.17) is 10.5 Å². The number of nitrogens with two attached hydrogens (primary N) is 1. The fourth-order valence-electron chi connectivity index (χ4n) is 2.46. The van der Waals surface area contributed by atoms with E-state index in [-0.39, 0.29) is 12.1 Å². The van der Waals surface area contributed by atoms with Crippen molar-refractivity contribution in [3.05, 3.63) is 12.4 Å². The molecule has 1 aliphatic heterocycles. The van der Waals surface area contributed by atoms with Crippen LogP contribution in [0.4, 0.5) is 5.82 Å². The number of piperidine rings is 1. The van der Waals surface area contributed by atoms with E-state index in [0.717, 1.165) is 31.7 Å². The molecule has 0 amide bonds. The van der Waals surface area contributed by atoms with E-state index in [1.165, 1.54) is 0 Å². The summed E-state index contributed by atoms with van der Waals surface area (Å²) in [5.41, 5.74) is 5.97. The molecule has 0 aliphatic carbocycles. The van der Waals surface area contributed by atoms with E-state index in [9.17, 15) is 0 Å². The van der Waals surface area contributed by atoms with Crippen LogP contribution in [0.15, 0.2) is 12.4 Å². The highest BCUT2D eigenvalue weighted by atomic mass is 16.5. The minimum atomic E-state index is 0.131. The highest BCUT2D eigenvalue weighted by Gasteiger charge is 2.22. The van der Waals surface area contributed by atoms with Gasteiger partial charge in [0.2, 0.25) is 5.88 Å². The molecule has 0 bridgehead atoms. The Balaban J connectivity index is 1.99. The average Bonchev–Trinajstić information content (AvgIpc) is 2.38. The Kier molecular flexibility index (Phi) is 4.58. The molecule has 0 aromatic carbocycles. The molecule has 2 N–H and O–H groups in total. The molecule has 0 spiro atoms. The van der Waals surface area contributed by atoms with Gasteiger partial charge in [0, 0.05) is 25.2 Å². The number of rotatable bonds is 4. The second kappa shape index (κ2) is 6.19. The lowest BCUT2D eigenvalue weighted by Gasteiger charge is -2.34. The van der Waals surface area contributed by atoms with E-state index in [2.05, 4.69) is 21.8 Å². The third kappa shape index (κ3) is 3.80. The molecule has 5 nitrogen and oxygen atoms in total. The van der Waals surface area contributed by atoms with E-state index in [1.807, 2.05) is 19.9 Å². The first-order valence-corrected chi connectivity index (χ1v) is 7.05. The normalized spacial score (nSPS) is 18.7. The summed E-state index contributed by atoms with van der Waals surface area (Å²) in [6.07, 6.45) is 3.96. The zero-order chi connectivity index (χ0) is 13.8. The van der Waals surface area contributed by atoms with Crippen molar-refractivity contribution in [1.82, 2.24) is 9.97 Å². The minimum Gasteiger partial charge on any atom is -0.475 e. The molecule has 1 aliphatic rings. The van der Waals surface area contributed by atoms with Crippen LogP contribution in [-0.4, -0.2) is 35.2 Å². The van der Waals surface area contributed by atoms with Crippen LogP contribution in [0.2, 0.25) is 0 Å². The number of aromatic nitrogens is 2. The molecule has 1 aromatic heterocycles. The molecule has 0 radical (unpaired) electrons. The van der Waals surface area contributed by atoms with Gasteiger partial charge in [-0.25, -0.2) is 9.97 Å². The number of hydrogen-bond donors (Lipinski definition) is 1. The van der Waals surface area contributed by atoms with Crippen LogP contribution in [0.25, 0.3) is 0 Å². The Morgan fingerprint density at radius 3 is 2.53 bits per heavy atom. The van der Waals surface area contributed by atoms with Gasteiger partial charge >= 0.3 is 0 Å². The zero-order valence-electron chi connectivity index (χ0n) is 12.0. The molecule has 1 fully saturated rings. The summed E-state index contributed by atoms with van der Waals surface area (Å²) >= 11 is 0. The lowest BCUT2D eigenvalue weighted by atomic mass is 9.91. The number of ether oxygens (including phenoxy) is 1. The molecular formula is C14H24N4O. The molecule has 106 valence electrons.